The van der Waals surface area contributed by atoms with Crippen LogP contribution in [0.4, 0.5) is 0 Å². The van der Waals surface area contributed by atoms with Gasteiger partial charge in [0.1, 0.15) is 31.2 Å². The Balaban J connectivity index is 2.13. The van der Waals surface area contributed by atoms with Crippen LogP contribution >= 0.6 is 0 Å². The highest BCUT2D eigenvalue weighted by atomic mass is 16.6. The number of nitrogens with two attached hydrogens (primary N) is 2. The number of amides is 1. The van der Waals surface area contributed by atoms with Crippen molar-refractivity contribution >= 4 is 11.9 Å². The first kappa shape index (κ1) is 16.2. The maximum absolute atomic E-state index is 11.0. The summed E-state index contributed by atoms with van der Waals surface area (Å²) in [5.41, 5.74) is 9.69. The molecule has 11 nitrogen and oxygen atoms in total. The van der Waals surface area contributed by atoms with Gasteiger partial charge < -0.3 is 36.3 Å². The number of hydrogen-bond donors (Lipinski definition) is 5. The van der Waals surface area contributed by atoms with E-state index < -0.39 is 48.0 Å². The van der Waals surface area contributed by atoms with E-state index in [0.717, 1.165) is 10.9 Å². The summed E-state index contributed by atoms with van der Waals surface area (Å²) in [5, 5.41) is 29.7. The predicted octanol–water partition coefficient (Wildman–Crippen LogP) is -3.19. The van der Waals surface area contributed by atoms with E-state index in [9.17, 15) is 24.9 Å². The second kappa shape index (κ2) is 6.27. The molecule has 1 aliphatic heterocycles. The van der Waals surface area contributed by atoms with Gasteiger partial charge in [0, 0.05) is 0 Å². The number of esters is 1. The number of nitrogens with zero attached hydrogens (tertiary/aromatic N) is 2. The van der Waals surface area contributed by atoms with Gasteiger partial charge in [0.05, 0.1) is 6.54 Å². The van der Waals surface area contributed by atoms with Gasteiger partial charge in [0.2, 0.25) is 5.88 Å². The van der Waals surface area contributed by atoms with E-state index in [1.165, 1.54) is 0 Å². The van der Waals surface area contributed by atoms with Crippen LogP contribution in [0.15, 0.2) is 6.33 Å². The van der Waals surface area contributed by atoms with Crippen LogP contribution in [-0.2, 0) is 14.3 Å². The van der Waals surface area contributed by atoms with Crippen LogP contribution in [0.3, 0.4) is 0 Å². The Kier molecular flexibility index (Phi) is 4.61. The molecule has 1 fully saturated rings. The Bertz CT molecular complexity index is 575. The minimum Gasteiger partial charge on any atom is -0.493 e. The monoisotopic (exact) mass is 316 g/mol. The summed E-state index contributed by atoms with van der Waals surface area (Å²) >= 11 is 0. The van der Waals surface area contributed by atoms with Crippen LogP contribution in [0, 0.1) is 0 Å². The molecule has 1 aromatic rings. The third-order valence-corrected chi connectivity index (χ3v) is 3.19. The minimum atomic E-state index is -1.44. The highest BCUT2D eigenvalue weighted by molar-refractivity contribution is 5.93. The second-order valence-electron chi connectivity index (χ2n) is 4.62. The van der Waals surface area contributed by atoms with Crippen molar-refractivity contribution in [1.82, 2.24) is 9.55 Å². The van der Waals surface area contributed by atoms with E-state index in [-0.39, 0.29) is 13.2 Å². The van der Waals surface area contributed by atoms with Gasteiger partial charge in [0.25, 0.3) is 5.91 Å². The van der Waals surface area contributed by atoms with E-state index in [4.69, 9.17) is 20.9 Å². The zero-order chi connectivity index (χ0) is 16.4. The van der Waals surface area contributed by atoms with Crippen LogP contribution in [0.2, 0.25) is 0 Å². The summed E-state index contributed by atoms with van der Waals surface area (Å²) in [7, 11) is 0. The molecule has 1 aliphatic rings. The molecular formula is C11H16N4O7. The van der Waals surface area contributed by atoms with Gasteiger partial charge in [-0.25, -0.2) is 4.98 Å². The molecule has 7 N–H and O–H groups in total. The smallest absolute Gasteiger partial charge is 0.319 e. The first-order chi connectivity index (χ1) is 10.4. The third kappa shape index (κ3) is 2.87. The van der Waals surface area contributed by atoms with Crippen molar-refractivity contribution in [2.75, 3.05) is 13.2 Å². The van der Waals surface area contributed by atoms with E-state index in [0.29, 0.717) is 0 Å². The fourth-order valence-corrected chi connectivity index (χ4v) is 2.05. The minimum absolute atomic E-state index is 0.330. The van der Waals surface area contributed by atoms with Crippen LogP contribution in [0.1, 0.15) is 16.7 Å². The van der Waals surface area contributed by atoms with Crippen LogP contribution in [0.25, 0.3) is 0 Å². The van der Waals surface area contributed by atoms with Gasteiger partial charge >= 0.3 is 5.97 Å². The molecule has 0 bridgehead atoms. The number of aromatic hydroxyl groups is 1. The predicted molar refractivity (Wildman–Crippen MR) is 68.3 cm³/mol. The first-order valence-corrected chi connectivity index (χ1v) is 6.29. The van der Waals surface area contributed by atoms with E-state index in [2.05, 4.69) is 4.98 Å². The number of ether oxygens (including phenoxy) is 2. The SMILES string of the molecule is NCC(=O)OC[C@H]1O[C@@H](n2cnc(C(N)=O)c2O)[C@H](O)[C@@H]1O. The van der Waals surface area contributed by atoms with Crippen molar-refractivity contribution < 1.29 is 34.4 Å². The standard InChI is InChI=1S/C11H16N4O7/c12-1-5(16)21-2-4-7(17)8(18)11(22-4)15-3-14-6(9(13)19)10(15)20/h3-4,7-8,11,17-18,20H,1-2,12H2,(H2,13,19)/t4-,7-,8-,11-/m1/s1. The lowest BCUT2D eigenvalue weighted by molar-refractivity contribution is -0.148. The molecule has 0 saturated carbocycles. The van der Waals surface area contributed by atoms with Crippen LogP contribution < -0.4 is 11.5 Å². The largest absolute Gasteiger partial charge is 0.493 e. The molecule has 0 aromatic carbocycles. The summed E-state index contributed by atoms with van der Waals surface area (Å²) in [5.74, 6) is -2.27. The summed E-state index contributed by atoms with van der Waals surface area (Å²) in [4.78, 5) is 25.6. The maximum atomic E-state index is 11.0. The molecule has 2 heterocycles. The summed E-state index contributed by atoms with van der Waals surface area (Å²) < 4.78 is 11.0. The maximum Gasteiger partial charge on any atom is 0.319 e. The van der Waals surface area contributed by atoms with Crippen molar-refractivity contribution in [2.45, 2.75) is 24.5 Å². The van der Waals surface area contributed by atoms with Gasteiger partial charge in [-0.3, -0.25) is 14.2 Å². The lowest BCUT2D eigenvalue weighted by Gasteiger charge is -2.16. The van der Waals surface area contributed by atoms with Gasteiger partial charge in [-0.1, -0.05) is 0 Å². The number of aromatic nitrogens is 2. The fourth-order valence-electron chi connectivity index (χ4n) is 2.05. The zero-order valence-corrected chi connectivity index (χ0v) is 11.3. The molecule has 22 heavy (non-hydrogen) atoms. The summed E-state index contributed by atoms with van der Waals surface area (Å²) in [6.07, 6.45) is -4.05. The van der Waals surface area contributed by atoms with Crippen molar-refractivity contribution in [3.05, 3.63) is 12.0 Å². The Morgan fingerprint density at radius 1 is 1.41 bits per heavy atom. The van der Waals surface area contributed by atoms with Crippen molar-refractivity contribution in [3.8, 4) is 5.88 Å². The van der Waals surface area contributed by atoms with Crippen molar-refractivity contribution in [3.63, 3.8) is 0 Å². The molecule has 0 radical (unpaired) electrons. The number of carbonyl (C=O) groups is 2. The van der Waals surface area contributed by atoms with Crippen LogP contribution in [0.5, 0.6) is 5.88 Å². The first-order valence-electron chi connectivity index (χ1n) is 6.29. The fraction of sp³-hybridized carbons (Fsp3) is 0.545. The van der Waals surface area contributed by atoms with E-state index in [1.54, 1.807) is 0 Å². The lowest BCUT2D eigenvalue weighted by atomic mass is 10.1. The third-order valence-electron chi connectivity index (χ3n) is 3.19. The summed E-state index contributed by atoms with van der Waals surface area (Å²) in [6.45, 7) is -0.665. The highest BCUT2D eigenvalue weighted by Gasteiger charge is 2.45. The highest BCUT2D eigenvalue weighted by Crippen LogP contribution is 2.33. The number of rotatable bonds is 5. The topological polar surface area (TPSA) is 183 Å². The van der Waals surface area contributed by atoms with Gasteiger partial charge in [-0.05, 0) is 0 Å². The molecular weight excluding hydrogens is 300 g/mol. The second-order valence-corrected chi connectivity index (χ2v) is 4.62. The Hall–Kier alpha value is -2.21. The summed E-state index contributed by atoms with van der Waals surface area (Å²) in [6, 6.07) is 0. The Morgan fingerprint density at radius 2 is 2.09 bits per heavy atom. The average molecular weight is 316 g/mol. The van der Waals surface area contributed by atoms with Crippen molar-refractivity contribution in [1.29, 1.82) is 0 Å². The Morgan fingerprint density at radius 3 is 2.64 bits per heavy atom. The quantitative estimate of drug-likeness (QED) is 0.349. The van der Waals surface area contributed by atoms with E-state index in [1.807, 2.05) is 0 Å². The number of aliphatic hydroxyl groups is 2. The van der Waals surface area contributed by atoms with Gasteiger partial charge in [-0.2, -0.15) is 0 Å². The number of aliphatic hydroxyl groups excluding tert-OH is 2. The van der Waals surface area contributed by atoms with Crippen LogP contribution in [-0.4, -0.2) is 68.2 Å². The van der Waals surface area contributed by atoms with Gasteiger partial charge in [0.15, 0.2) is 11.9 Å². The molecule has 2 rings (SSSR count). The molecule has 122 valence electrons. The number of primary amides is 1. The molecule has 0 unspecified atom stereocenters. The lowest BCUT2D eigenvalue weighted by Crippen LogP contribution is -2.35. The van der Waals surface area contributed by atoms with Gasteiger partial charge in [-0.15, -0.1) is 0 Å². The zero-order valence-electron chi connectivity index (χ0n) is 11.3. The molecule has 1 aromatic heterocycles. The average Bonchev–Trinajstić information content (AvgIpc) is 2.99. The van der Waals surface area contributed by atoms with Crippen molar-refractivity contribution in [2.24, 2.45) is 11.5 Å². The number of carbonyl (C=O) groups excluding carboxylic acids is 2. The molecule has 0 spiro atoms. The molecule has 11 heteroatoms. The molecule has 1 saturated heterocycles. The number of hydrogen-bond acceptors (Lipinski definition) is 9. The Labute approximate surface area is 124 Å². The molecule has 4 atom stereocenters. The molecule has 1 amide bonds. The van der Waals surface area contributed by atoms with E-state index >= 15 is 0 Å². The number of imidazole rings is 1. The normalized spacial score (nSPS) is 27.8. The molecule has 0 aliphatic carbocycles.